The van der Waals surface area contributed by atoms with Gasteiger partial charge in [-0.15, -0.1) is 9.18 Å². The van der Waals surface area contributed by atoms with E-state index in [9.17, 15) is 0 Å². The Kier molecular flexibility index (Phi) is 20.3. The lowest BCUT2D eigenvalue weighted by molar-refractivity contribution is 0.392. The molecule has 0 radical (unpaired) electrons. The van der Waals surface area contributed by atoms with Crippen LogP contribution in [0, 0.1) is 0 Å². The van der Waals surface area contributed by atoms with Crippen LogP contribution in [0.25, 0.3) is 99.5 Å². The molecule has 9 heteroatoms. The van der Waals surface area contributed by atoms with Crippen LogP contribution in [0.5, 0.6) is 23.0 Å². The van der Waals surface area contributed by atoms with E-state index in [4.69, 9.17) is 20.2 Å². The van der Waals surface area contributed by atoms with Gasteiger partial charge in [0.05, 0.1) is 51.8 Å². The summed E-state index contributed by atoms with van der Waals surface area (Å²) in [5, 5.41) is 4.98. The monoisotopic (exact) mass is 1660 g/mol. The maximum absolute atomic E-state index is 6.77. The van der Waals surface area contributed by atoms with Crippen LogP contribution >= 0.6 is 9.18 Å². The fourth-order valence-electron chi connectivity index (χ4n) is 21.4. The summed E-state index contributed by atoms with van der Waals surface area (Å²) in [6, 6.07) is 149. The van der Waals surface area contributed by atoms with E-state index < -0.39 is 0 Å². The number of anilines is 6. The standard InChI is InChI=1S/C58H40N2O2.C58H44N2O2.CH5P.CH4/c1-61-57-51(35-27-31-37(32-28-35)59-47-23-11-7-15-39(47)40-16-8-12-24-48(40)59)52(36-29-33-38(34-30-36)60-49-25-13-9-17-41(49)42-18-10-14-26-50(42)60)58(62-2)56-54-45-21-5-3-19-43(45)53(55(56)57)44-20-4-6-22-46(44)54;1-61-57-51(39-31-35-45(36-32-39)59(41-19-7-3-8-20-41)42-21-9-4-10-22-42)52(40-33-37-46(38-34-40)60(43-23-11-5-12-24-43)44-25-13-6-14-26-44)58(62-2)56-54-49-29-17-15-27-47(49)53(55(56)57)48-28-16-18-30-50(48)54;1-2;/h3-34,53-54H,1-2H3;3-38,53-54H,1-2H3;2H2,1H3;1H4/i;;2T;. The van der Waals surface area contributed by atoms with Crippen LogP contribution < -0.4 is 28.7 Å². The molecule has 0 saturated carbocycles. The van der Waals surface area contributed by atoms with Crippen LogP contribution in [0.15, 0.2) is 413 Å². The van der Waals surface area contributed by atoms with Crippen molar-refractivity contribution in [3.63, 3.8) is 0 Å². The lowest BCUT2D eigenvalue weighted by Gasteiger charge is -2.44. The molecule has 0 saturated heterocycles. The first-order valence-corrected chi connectivity index (χ1v) is 44.1. The summed E-state index contributed by atoms with van der Waals surface area (Å²) in [5.74, 6) is 3.50. The minimum Gasteiger partial charge on any atom is -0.496 e. The smallest absolute Gasteiger partial charge is 0.132 e. The molecule has 127 heavy (non-hydrogen) atoms. The van der Waals surface area contributed by atoms with E-state index in [1.54, 1.807) is 0 Å². The summed E-state index contributed by atoms with van der Waals surface area (Å²) in [4.78, 5) is 4.60. The molecule has 0 aliphatic heterocycles. The molecule has 2 aromatic heterocycles. The molecule has 18 aromatic carbocycles. The second-order valence-corrected chi connectivity index (χ2v) is 32.5. The summed E-state index contributed by atoms with van der Waals surface area (Å²) in [6.07, 6.45) is 0. The Labute approximate surface area is 745 Å². The van der Waals surface area contributed by atoms with Crippen molar-refractivity contribution in [2.75, 3.05) is 44.9 Å². The molecule has 0 spiro atoms. The number of aromatic nitrogens is 2. The third-order valence-electron chi connectivity index (χ3n) is 26.3. The van der Waals surface area contributed by atoms with Gasteiger partial charge in [0.15, 0.2) is 0 Å². The van der Waals surface area contributed by atoms with Crippen molar-refractivity contribution in [1.82, 2.24) is 9.13 Å². The minimum atomic E-state index is -0.0161. The highest BCUT2D eigenvalue weighted by Gasteiger charge is 2.49. The fraction of sp³-hybridized carbons (Fsp3) is 0.0847. The van der Waals surface area contributed by atoms with Crippen molar-refractivity contribution < 1.29 is 18.9 Å². The van der Waals surface area contributed by atoms with Crippen LogP contribution in [-0.4, -0.2) is 45.5 Å². The molecule has 6 aliphatic rings. The summed E-state index contributed by atoms with van der Waals surface area (Å²) in [7, 11) is 7.68. The normalized spacial score (nSPS) is 14.5. The van der Waals surface area contributed by atoms with Gasteiger partial charge in [-0.05, 0) is 188 Å². The number of rotatable bonds is 16. The highest BCUT2D eigenvalue weighted by molar-refractivity contribution is 7.15. The maximum Gasteiger partial charge on any atom is 0.132 e. The number of para-hydroxylation sites is 8. The minimum absolute atomic E-state index is 0. The van der Waals surface area contributed by atoms with E-state index >= 15 is 0 Å². The van der Waals surface area contributed by atoms with Crippen molar-refractivity contribution in [3.8, 4) is 78.9 Å². The molecule has 2 heterocycles. The van der Waals surface area contributed by atoms with E-state index in [1.807, 2.05) is 35.1 Å². The zero-order valence-corrected chi connectivity index (χ0v) is 71.5. The third-order valence-corrected chi connectivity index (χ3v) is 26.3. The Bertz CT molecular complexity index is 6840. The van der Waals surface area contributed by atoms with Gasteiger partial charge in [-0.2, -0.15) is 0 Å². The second-order valence-electron chi connectivity index (χ2n) is 32.5. The van der Waals surface area contributed by atoms with Gasteiger partial charge in [0.25, 0.3) is 0 Å². The van der Waals surface area contributed by atoms with Gasteiger partial charge >= 0.3 is 0 Å². The molecule has 0 N–H and O–H groups in total. The first-order chi connectivity index (χ1) is 62.9. The molecule has 1 atom stereocenters. The number of hydrogen-bond acceptors (Lipinski definition) is 6. The molecular weight excluding hydrogens is 1570 g/mol. The predicted molar refractivity (Wildman–Crippen MR) is 531 cm³/mol. The molecule has 26 rings (SSSR count). The zero-order chi connectivity index (χ0) is 85.3. The van der Waals surface area contributed by atoms with Crippen LogP contribution in [0.2, 0.25) is 0 Å². The Morgan fingerprint density at radius 2 is 0.402 bits per heavy atom. The first-order valence-electron chi connectivity index (χ1n) is 43.6. The summed E-state index contributed by atoms with van der Waals surface area (Å²) >= 11 is 0. The van der Waals surface area contributed by atoms with Gasteiger partial charge in [0.1, 0.15) is 23.0 Å². The molecule has 0 amide bonds. The average molecular weight is 1660 g/mol. The van der Waals surface area contributed by atoms with E-state index in [1.165, 1.54) is 110 Å². The first kappa shape index (κ1) is 77.8. The predicted octanol–water partition coefficient (Wildman–Crippen LogP) is 30.3. The van der Waals surface area contributed by atoms with Gasteiger partial charge in [-0.3, -0.25) is 0 Å². The fourth-order valence-corrected chi connectivity index (χ4v) is 21.4. The molecule has 8 nitrogen and oxygen atoms in total. The molecule has 614 valence electrons. The highest BCUT2D eigenvalue weighted by atomic mass is 31.0. The van der Waals surface area contributed by atoms with Crippen molar-refractivity contribution in [2.45, 2.75) is 31.1 Å². The number of benzene rings is 18. The topological polar surface area (TPSA) is 53.3 Å². The highest BCUT2D eigenvalue weighted by Crippen LogP contribution is 2.67. The largest absolute Gasteiger partial charge is 0.496 e. The molecule has 20 aromatic rings. The van der Waals surface area contributed by atoms with Gasteiger partial charge < -0.3 is 37.9 Å². The van der Waals surface area contributed by atoms with Crippen LogP contribution in [-0.2, 0) is 0 Å². The number of fused-ring (bicyclic) bond motifs is 6. The van der Waals surface area contributed by atoms with E-state index in [2.05, 4.69) is 431 Å². The Balaban J connectivity index is 0.000000150. The van der Waals surface area contributed by atoms with Crippen LogP contribution in [0.1, 0.15) is 97.9 Å². The summed E-state index contributed by atoms with van der Waals surface area (Å²) in [5.41, 5.74) is 37.1. The SMILES string of the molecule is C.COc1c(-c2ccc(-n3c4ccccc4c4ccccc43)cc2)c(-c2ccc(-n3c4ccccc4c4ccccc43)cc2)c(OC)c2c1C1c3ccccc3C2c2ccccc21.COc1c(-c2ccc(N(c3ccccc3)c3ccccc3)cc2)c(-c2ccc(N(c3ccccc3)c3ccccc3)cc2)c(OC)c2c1C1c3ccccc3C2c2ccccc21.[3H]PC. The molecular formula is C118H93N4O4P. The molecule has 1 unspecified atom stereocenters. The van der Waals surface area contributed by atoms with E-state index in [0.29, 0.717) is 9.18 Å². The van der Waals surface area contributed by atoms with Crippen molar-refractivity contribution in [3.05, 3.63) is 479 Å². The Morgan fingerprint density at radius 1 is 0.228 bits per heavy atom. The lowest BCUT2D eigenvalue weighted by atomic mass is 9.59. The van der Waals surface area contributed by atoms with Crippen molar-refractivity contribution >= 4 is 86.9 Å². The number of methoxy groups -OCH3 is 4. The number of hydrogen-bond donors (Lipinski definition) is 0. The van der Waals surface area contributed by atoms with E-state index in [0.717, 1.165) is 113 Å². The summed E-state index contributed by atoms with van der Waals surface area (Å²) < 4.78 is 38.1. The van der Waals surface area contributed by atoms with E-state index in [-0.39, 0.29) is 31.1 Å². The molecule has 4 bridgehead atoms. The Hall–Kier alpha value is -15.2. The number of nitrogens with zero attached hydrogens (tertiary/aromatic N) is 4. The second kappa shape index (κ2) is 33.1. The maximum atomic E-state index is 6.77. The van der Waals surface area contributed by atoms with Crippen LogP contribution in [0.3, 0.4) is 0 Å². The molecule has 6 aliphatic carbocycles. The van der Waals surface area contributed by atoms with Crippen molar-refractivity contribution in [2.24, 2.45) is 0 Å². The van der Waals surface area contributed by atoms with Gasteiger partial charge in [-0.1, -0.05) is 305 Å². The average Bonchev–Trinajstić information content (AvgIpc) is 0.866. The third kappa shape index (κ3) is 12.7. The zero-order valence-electron chi connectivity index (χ0n) is 71.5. The number of ether oxygens (including phenoxy) is 4. The quantitative estimate of drug-likeness (QED) is 0.0899. The lowest BCUT2D eigenvalue weighted by Crippen LogP contribution is -2.29. The van der Waals surface area contributed by atoms with Crippen molar-refractivity contribution in [1.29, 1.82) is 1.28 Å². The Morgan fingerprint density at radius 3 is 0.606 bits per heavy atom. The van der Waals surface area contributed by atoms with Crippen LogP contribution in [0.4, 0.5) is 34.1 Å². The van der Waals surface area contributed by atoms with Gasteiger partial charge in [0, 0.05) is 135 Å². The van der Waals surface area contributed by atoms with Gasteiger partial charge in [0.2, 0.25) is 0 Å². The summed E-state index contributed by atoms with van der Waals surface area (Å²) in [6.45, 7) is 1.82. The van der Waals surface area contributed by atoms with Gasteiger partial charge in [-0.25, -0.2) is 0 Å². The molecule has 0 fully saturated rings.